The van der Waals surface area contributed by atoms with E-state index in [4.69, 9.17) is 25.8 Å². The van der Waals surface area contributed by atoms with E-state index in [0.29, 0.717) is 37.0 Å². The number of anilines is 1. The quantitative estimate of drug-likeness (QED) is 0.262. The molecule has 0 aromatic heterocycles. The van der Waals surface area contributed by atoms with E-state index in [9.17, 15) is 18.3 Å². The minimum atomic E-state index is -3.96. The highest BCUT2D eigenvalue weighted by atomic mass is 35.5. The number of nitrogens with zero attached hydrogens (tertiary/aromatic N) is 2. The van der Waals surface area contributed by atoms with E-state index in [0.717, 1.165) is 30.6 Å². The monoisotopic (exact) mass is 701 g/mol. The molecule has 1 heterocycles. The molecule has 2 N–H and O–H groups in total. The van der Waals surface area contributed by atoms with E-state index in [1.807, 2.05) is 38.2 Å². The van der Waals surface area contributed by atoms with Crippen LogP contribution in [0.25, 0.3) is 0 Å². The number of hydrogen-bond acceptors (Lipinski definition) is 8. The molecule has 0 radical (unpaired) electrons. The van der Waals surface area contributed by atoms with E-state index in [1.165, 1.54) is 30.3 Å². The lowest BCUT2D eigenvalue weighted by molar-refractivity contribution is -0.0177. The van der Waals surface area contributed by atoms with Crippen LogP contribution < -0.4 is 14.2 Å². The minimum absolute atomic E-state index is 0.0375. The topological polar surface area (TPSA) is 118 Å². The molecule has 48 heavy (non-hydrogen) atoms. The van der Waals surface area contributed by atoms with E-state index in [-0.39, 0.29) is 46.8 Å². The van der Waals surface area contributed by atoms with Gasteiger partial charge in [-0.05, 0) is 100 Å². The van der Waals surface area contributed by atoms with Crippen molar-refractivity contribution in [1.29, 1.82) is 0 Å². The molecule has 0 fully saturated rings. The number of aliphatic hydroxyl groups is 1. The van der Waals surface area contributed by atoms with Gasteiger partial charge in [0.05, 0.1) is 42.4 Å². The molecule has 1 aliphatic rings. The summed E-state index contributed by atoms with van der Waals surface area (Å²) in [5, 5.41) is 10.7. The van der Waals surface area contributed by atoms with Crippen molar-refractivity contribution in [1.82, 2.24) is 9.80 Å². The molecular weight excluding hydrogens is 654 g/mol. The summed E-state index contributed by atoms with van der Waals surface area (Å²) in [5.74, 6) is 0.688. The molecule has 4 rings (SSSR count). The van der Waals surface area contributed by atoms with Crippen LogP contribution in [0.1, 0.15) is 56.0 Å². The van der Waals surface area contributed by atoms with Gasteiger partial charge in [-0.25, -0.2) is 8.42 Å². The van der Waals surface area contributed by atoms with Gasteiger partial charge in [-0.3, -0.25) is 14.4 Å². The number of likely N-dealkylation sites (N-methyl/N-ethyl adjacent to an activating group) is 1. The summed E-state index contributed by atoms with van der Waals surface area (Å²) < 4.78 is 47.0. The van der Waals surface area contributed by atoms with Crippen LogP contribution in [-0.4, -0.2) is 87.9 Å². The van der Waals surface area contributed by atoms with Crippen LogP contribution >= 0.6 is 11.6 Å². The van der Waals surface area contributed by atoms with Crippen LogP contribution in [0.15, 0.2) is 71.6 Å². The third-order valence-electron chi connectivity index (χ3n) is 8.53. The number of aliphatic hydroxyl groups excluding tert-OH is 1. The summed E-state index contributed by atoms with van der Waals surface area (Å²) in [7, 11) is -0.268. The number of sulfonamides is 1. The summed E-state index contributed by atoms with van der Waals surface area (Å²) in [6, 6.07) is 18.0. The number of carbonyl (C=O) groups excluding carboxylic acids is 1. The Morgan fingerprint density at radius 3 is 2.46 bits per heavy atom. The second-order valence-electron chi connectivity index (χ2n) is 12.6. The van der Waals surface area contributed by atoms with Crippen molar-refractivity contribution in [3.05, 3.63) is 82.9 Å². The molecule has 0 saturated heterocycles. The maximum Gasteiger partial charge on any atom is 0.261 e. The molecule has 3 aromatic rings. The van der Waals surface area contributed by atoms with Crippen molar-refractivity contribution in [3.63, 3.8) is 0 Å². The third-order valence-corrected chi connectivity index (χ3v) is 10.2. The zero-order valence-corrected chi connectivity index (χ0v) is 30.0. The van der Waals surface area contributed by atoms with Crippen LogP contribution in [0.2, 0.25) is 5.02 Å². The lowest BCUT2D eigenvalue weighted by Gasteiger charge is -2.36. The normalized spacial score (nSPS) is 20.4. The largest absolute Gasteiger partial charge is 0.497 e. The van der Waals surface area contributed by atoms with Gasteiger partial charge in [-0.1, -0.05) is 30.7 Å². The second-order valence-corrected chi connectivity index (χ2v) is 14.7. The van der Waals surface area contributed by atoms with Crippen molar-refractivity contribution < 1.29 is 32.5 Å². The average molecular weight is 702 g/mol. The van der Waals surface area contributed by atoms with Crippen molar-refractivity contribution >= 4 is 33.2 Å². The van der Waals surface area contributed by atoms with Crippen LogP contribution in [-0.2, 0) is 21.3 Å². The molecule has 0 aliphatic carbocycles. The minimum Gasteiger partial charge on any atom is -0.497 e. The van der Waals surface area contributed by atoms with E-state index in [1.54, 1.807) is 31.1 Å². The first-order chi connectivity index (χ1) is 22.9. The first kappa shape index (κ1) is 37.5. The van der Waals surface area contributed by atoms with Gasteiger partial charge in [-0.15, -0.1) is 0 Å². The number of methoxy groups -OCH3 is 1. The molecule has 1 amide bonds. The van der Waals surface area contributed by atoms with Gasteiger partial charge in [0.15, 0.2) is 0 Å². The SMILES string of the molecule is COc1ccc(CN(C)C[C@H]2OCCCC[C@H](C)Oc3ccc(NS(=O)(=O)c4ccc(Cl)cc4)cc3C(=O)N([C@H](C)CO)C[C@@H]2C)cc1. The Labute approximate surface area is 290 Å². The summed E-state index contributed by atoms with van der Waals surface area (Å²) in [4.78, 5) is 18.3. The first-order valence-electron chi connectivity index (χ1n) is 16.3. The van der Waals surface area contributed by atoms with Crippen LogP contribution in [0, 0.1) is 5.92 Å². The lowest BCUT2D eigenvalue weighted by atomic mass is 10.0. The lowest BCUT2D eigenvalue weighted by Crippen LogP contribution is -2.47. The van der Waals surface area contributed by atoms with E-state index >= 15 is 0 Å². The molecule has 12 heteroatoms. The van der Waals surface area contributed by atoms with Gasteiger partial charge in [0.25, 0.3) is 15.9 Å². The van der Waals surface area contributed by atoms with Crippen LogP contribution in [0.4, 0.5) is 5.69 Å². The molecule has 1 aliphatic heterocycles. The van der Waals surface area contributed by atoms with Crippen molar-refractivity contribution in [2.45, 2.75) is 69.7 Å². The Morgan fingerprint density at radius 1 is 1.08 bits per heavy atom. The Bertz CT molecular complexity index is 1590. The maximum absolute atomic E-state index is 14.4. The molecule has 0 saturated carbocycles. The fraction of sp³-hybridized carbons (Fsp3) is 0.472. The third kappa shape index (κ3) is 10.3. The fourth-order valence-electron chi connectivity index (χ4n) is 5.69. The standard InChI is InChI=1S/C36H48ClN3O7S/c1-25-21-40(26(2)24-41)36(42)33-20-30(38-48(43,44)32-16-11-29(37)12-17-32)13-18-34(33)47-27(3)8-6-7-19-46-35(25)23-39(4)22-28-9-14-31(45-5)15-10-28/h9-18,20,25-27,35,38,41H,6-8,19,21-24H2,1-5H3/t25-,26+,27-,35+/m0/s1. The Morgan fingerprint density at radius 2 is 1.79 bits per heavy atom. The molecule has 0 spiro atoms. The zero-order chi connectivity index (χ0) is 34.8. The molecule has 0 bridgehead atoms. The first-order valence-corrected chi connectivity index (χ1v) is 18.2. The summed E-state index contributed by atoms with van der Waals surface area (Å²) in [6.07, 6.45) is 2.08. The number of ether oxygens (including phenoxy) is 3. The van der Waals surface area contributed by atoms with Gasteiger partial charge in [0, 0.05) is 42.9 Å². The Hall–Kier alpha value is -3.35. The highest BCUT2D eigenvalue weighted by molar-refractivity contribution is 7.92. The highest BCUT2D eigenvalue weighted by Crippen LogP contribution is 2.30. The fourth-order valence-corrected chi connectivity index (χ4v) is 6.87. The molecule has 10 nitrogen and oxygen atoms in total. The number of carbonyl (C=O) groups is 1. The van der Waals surface area contributed by atoms with Crippen LogP contribution in [0.3, 0.4) is 0 Å². The zero-order valence-electron chi connectivity index (χ0n) is 28.4. The number of fused-ring (bicyclic) bond motifs is 1. The summed E-state index contributed by atoms with van der Waals surface area (Å²) >= 11 is 5.96. The number of benzene rings is 3. The Balaban J connectivity index is 1.62. The summed E-state index contributed by atoms with van der Waals surface area (Å²) in [5.41, 5.74) is 1.56. The second kappa shape index (κ2) is 17.3. The van der Waals surface area contributed by atoms with Gasteiger partial charge < -0.3 is 24.2 Å². The number of nitrogens with one attached hydrogen (secondary N) is 1. The number of amides is 1. The predicted octanol–water partition coefficient (Wildman–Crippen LogP) is 6.08. The highest BCUT2D eigenvalue weighted by Gasteiger charge is 2.30. The van der Waals surface area contributed by atoms with E-state index < -0.39 is 16.1 Å². The van der Waals surface area contributed by atoms with Gasteiger partial charge in [-0.2, -0.15) is 0 Å². The smallest absolute Gasteiger partial charge is 0.261 e. The number of rotatable bonds is 10. The Kier molecular flexibility index (Phi) is 13.5. The van der Waals surface area contributed by atoms with E-state index in [2.05, 4.69) is 16.5 Å². The van der Waals surface area contributed by atoms with Crippen molar-refractivity contribution in [2.75, 3.05) is 45.2 Å². The van der Waals surface area contributed by atoms with Gasteiger partial charge >= 0.3 is 0 Å². The average Bonchev–Trinajstić information content (AvgIpc) is 3.06. The van der Waals surface area contributed by atoms with Crippen molar-refractivity contribution in [3.8, 4) is 11.5 Å². The van der Waals surface area contributed by atoms with Crippen LogP contribution in [0.5, 0.6) is 11.5 Å². The molecule has 4 atom stereocenters. The summed E-state index contributed by atoms with van der Waals surface area (Å²) in [6.45, 7) is 7.77. The number of hydrogen-bond donors (Lipinski definition) is 2. The maximum atomic E-state index is 14.4. The molecule has 0 unspecified atom stereocenters. The number of halogens is 1. The molecular formula is C36H48ClN3O7S. The van der Waals surface area contributed by atoms with Gasteiger partial charge in [0.1, 0.15) is 11.5 Å². The predicted molar refractivity (Wildman–Crippen MR) is 188 cm³/mol. The van der Waals surface area contributed by atoms with Gasteiger partial charge in [0.2, 0.25) is 0 Å². The molecule has 3 aromatic carbocycles. The molecule has 262 valence electrons. The van der Waals surface area contributed by atoms with Crippen molar-refractivity contribution in [2.24, 2.45) is 5.92 Å².